The monoisotopic (exact) mass is 207 g/mol. The summed E-state index contributed by atoms with van der Waals surface area (Å²) >= 11 is 0. The molecule has 5 heteroatoms. The summed E-state index contributed by atoms with van der Waals surface area (Å²) in [5, 5.41) is 10.5. The molecule has 0 spiro atoms. The Morgan fingerprint density at radius 1 is 1.60 bits per heavy atom. The van der Waals surface area contributed by atoms with Gasteiger partial charge in [0.15, 0.2) is 0 Å². The van der Waals surface area contributed by atoms with Crippen LogP contribution in [0.3, 0.4) is 0 Å². The molecule has 0 aromatic heterocycles. The summed E-state index contributed by atoms with van der Waals surface area (Å²) in [5.74, 6) is -0.213. The number of benzene rings is 1. The van der Waals surface area contributed by atoms with Crippen molar-refractivity contribution in [3.63, 3.8) is 0 Å². The molecule has 78 valence electrons. The van der Waals surface area contributed by atoms with Crippen LogP contribution in [0.2, 0.25) is 0 Å². The Hall–Kier alpha value is -2.17. The van der Waals surface area contributed by atoms with Crippen molar-refractivity contribution in [3.05, 3.63) is 40.5 Å². The number of nitro benzene ring substituents is 1. The smallest absolute Gasteiger partial charge is 0.308 e. The lowest BCUT2D eigenvalue weighted by atomic mass is 10.2. The third-order valence-electron chi connectivity index (χ3n) is 1.68. The molecule has 0 unspecified atom stereocenters. The van der Waals surface area contributed by atoms with E-state index in [-0.39, 0.29) is 11.4 Å². The molecule has 15 heavy (non-hydrogen) atoms. The van der Waals surface area contributed by atoms with Crippen molar-refractivity contribution < 1.29 is 14.5 Å². The third kappa shape index (κ3) is 2.63. The summed E-state index contributed by atoms with van der Waals surface area (Å²) in [7, 11) is 0. The first-order valence-electron chi connectivity index (χ1n) is 4.14. The van der Waals surface area contributed by atoms with E-state index in [1.807, 2.05) is 0 Å². The van der Waals surface area contributed by atoms with Gasteiger partial charge in [0.05, 0.1) is 4.92 Å². The van der Waals surface area contributed by atoms with Crippen molar-refractivity contribution in [2.75, 3.05) is 0 Å². The lowest BCUT2D eigenvalue weighted by Gasteiger charge is -2.04. The van der Waals surface area contributed by atoms with Crippen LogP contribution in [0.25, 0.3) is 6.08 Å². The number of hydrogen-bond donors (Lipinski definition) is 0. The van der Waals surface area contributed by atoms with Crippen molar-refractivity contribution in [1.82, 2.24) is 0 Å². The third-order valence-corrected chi connectivity index (χ3v) is 1.68. The van der Waals surface area contributed by atoms with Gasteiger partial charge in [0, 0.05) is 24.6 Å². The molecule has 0 saturated carbocycles. The van der Waals surface area contributed by atoms with Crippen molar-refractivity contribution in [1.29, 1.82) is 0 Å². The summed E-state index contributed by atoms with van der Waals surface area (Å²) < 4.78 is 4.84. The number of ether oxygens (including phenoxy) is 1. The van der Waals surface area contributed by atoms with Crippen molar-refractivity contribution in [3.8, 4) is 5.75 Å². The van der Waals surface area contributed by atoms with Crippen LogP contribution >= 0.6 is 0 Å². The molecular formula is C10H9NO4. The normalized spacial score (nSPS) is 9.40. The zero-order valence-corrected chi connectivity index (χ0v) is 8.10. The van der Waals surface area contributed by atoms with Gasteiger partial charge < -0.3 is 4.74 Å². The molecule has 0 radical (unpaired) electrons. The van der Waals surface area contributed by atoms with Crippen LogP contribution in [0.1, 0.15) is 12.5 Å². The first-order valence-corrected chi connectivity index (χ1v) is 4.14. The Bertz CT molecular complexity index is 425. The highest BCUT2D eigenvalue weighted by Gasteiger charge is 2.10. The lowest BCUT2D eigenvalue weighted by Crippen LogP contribution is -2.03. The van der Waals surface area contributed by atoms with Crippen LogP contribution in [0.15, 0.2) is 24.8 Å². The van der Waals surface area contributed by atoms with E-state index >= 15 is 0 Å². The number of nitro groups is 1. The second-order valence-corrected chi connectivity index (χ2v) is 2.78. The SMILES string of the molecule is C=Cc1cc([N+](=O)[O-])ccc1OC(C)=O. The Morgan fingerprint density at radius 2 is 2.27 bits per heavy atom. The molecule has 0 aliphatic carbocycles. The molecular weight excluding hydrogens is 198 g/mol. The number of carbonyl (C=O) groups is 1. The molecule has 0 saturated heterocycles. The Morgan fingerprint density at radius 3 is 2.73 bits per heavy atom. The van der Waals surface area contributed by atoms with E-state index in [9.17, 15) is 14.9 Å². The van der Waals surface area contributed by atoms with Crippen LogP contribution in [-0.4, -0.2) is 10.9 Å². The lowest BCUT2D eigenvalue weighted by molar-refractivity contribution is -0.384. The van der Waals surface area contributed by atoms with Crippen LogP contribution in [0, 0.1) is 10.1 Å². The first kappa shape index (κ1) is 10.9. The summed E-state index contributed by atoms with van der Waals surface area (Å²) in [6, 6.07) is 3.94. The molecule has 0 aliphatic rings. The van der Waals surface area contributed by atoms with Crippen LogP contribution < -0.4 is 4.74 Å². The highest BCUT2D eigenvalue weighted by molar-refractivity contribution is 5.72. The summed E-state index contributed by atoms with van der Waals surface area (Å²) in [4.78, 5) is 20.7. The van der Waals surface area contributed by atoms with Crippen molar-refractivity contribution in [2.45, 2.75) is 6.92 Å². The molecule has 0 heterocycles. The zero-order chi connectivity index (χ0) is 11.4. The van der Waals surface area contributed by atoms with Gasteiger partial charge in [-0.15, -0.1) is 0 Å². The number of rotatable bonds is 3. The molecule has 1 aromatic carbocycles. The van der Waals surface area contributed by atoms with E-state index in [1.165, 1.54) is 31.2 Å². The van der Waals surface area contributed by atoms with Crippen LogP contribution in [0.5, 0.6) is 5.75 Å². The maximum Gasteiger partial charge on any atom is 0.308 e. The van der Waals surface area contributed by atoms with E-state index < -0.39 is 10.9 Å². The molecule has 0 bridgehead atoms. The molecule has 0 N–H and O–H groups in total. The Kier molecular flexibility index (Phi) is 3.17. The molecule has 0 atom stereocenters. The van der Waals surface area contributed by atoms with Gasteiger partial charge in [0.25, 0.3) is 5.69 Å². The van der Waals surface area contributed by atoms with Crippen molar-refractivity contribution in [2.24, 2.45) is 0 Å². The van der Waals surface area contributed by atoms with Gasteiger partial charge in [-0.1, -0.05) is 12.7 Å². The fourth-order valence-electron chi connectivity index (χ4n) is 1.06. The molecule has 1 aromatic rings. The predicted octanol–water partition coefficient (Wildman–Crippen LogP) is 2.16. The summed E-state index contributed by atoms with van der Waals surface area (Å²) in [6.45, 7) is 4.74. The Balaban J connectivity index is 3.14. The van der Waals surface area contributed by atoms with Gasteiger partial charge in [-0.2, -0.15) is 0 Å². The average molecular weight is 207 g/mol. The standard InChI is InChI=1S/C10H9NO4/c1-3-8-6-9(11(13)14)4-5-10(8)15-7(2)12/h3-6H,1H2,2H3. The van der Waals surface area contributed by atoms with E-state index in [0.29, 0.717) is 5.56 Å². The van der Waals surface area contributed by atoms with Crippen LogP contribution in [-0.2, 0) is 4.79 Å². The minimum atomic E-state index is -0.523. The van der Waals surface area contributed by atoms with Gasteiger partial charge in [-0.25, -0.2) is 0 Å². The minimum absolute atomic E-state index is 0.0687. The highest BCUT2D eigenvalue weighted by Crippen LogP contribution is 2.25. The summed E-state index contributed by atoms with van der Waals surface area (Å²) in [5.41, 5.74) is 0.347. The molecule has 5 nitrogen and oxygen atoms in total. The molecule has 1 rings (SSSR count). The maximum absolute atomic E-state index is 10.7. The quantitative estimate of drug-likeness (QED) is 0.329. The number of nitrogens with zero attached hydrogens (tertiary/aromatic N) is 1. The van der Waals surface area contributed by atoms with Crippen LogP contribution in [0.4, 0.5) is 5.69 Å². The van der Waals surface area contributed by atoms with Gasteiger partial charge in [0.1, 0.15) is 5.75 Å². The zero-order valence-electron chi connectivity index (χ0n) is 8.10. The van der Waals surface area contributed by atoms with Gasteiger partial charge >= 0.3 is 5.97 Å². The molecule has 0 aliphatic heterocycles. The number of esters is 1. The number of carbonyl (C=O) groups excluding carboxylic acids is 1. The second-order valence-electron chi connectivity index (χ2n) is 2.78. The predicted molar refractivity (Wildman–Crippen MR) is 54.5 cm³/mol. The topological polar surface area (TPSA) is 69.4 Å². The van der Waals surface area contributed by atoms with Gasteiger partial charge in [-0.3, -0.25) is 14.9 Å². The van der Waals surface area contributed by atoms with Crippen molar-refractivity contribution >= 4 is 17.7 Å². The summed E-state index contributed by atoms with van der Waals surface area (Å²) in [6.07, 6.45) is 1.39. The van der Waals surface area contributed by atoms with Gasteiger partial charge in [0.2, 0.25) is 0 Å². The second kappa shape index (κ2) is 4.36. The fraction of sp³-hybridized carbons (Fsp3) is 0.100. The van der Waals surface area contributed by atoms with E-state index in [2.05, 4.69) is 6.58 Å². The molecule has 0 amide bonds. The van der Waals surface area contributed by atoms with E-state index in [4.69, 9.17) is 4.74 Å². The van der Waals surface area contributed by atoms with E-state index in [0.717, 1.165) is 0 Å². The Labute approximate surface area is 86.1 Å². The average Bonchev–Trinajstić information content (AvgIpc) is 2.17. The minimum Gasteiger partial charge on any atom is -0.426 e. The maximum atomic E-state index is 10.7. The number of non-ortho nitro benzene ring substituents is 1. The largest absolute Gasteiger partial charge is 0.426 e. The number of hydrogen-bond acceptors (Lipinski definition) is 4. The highest BCUT2D eigenvalue weighted by atomic mass is 16.6. The van der Waals surface area contributed by atoms with Gasteiger partial charge in [-0.05, 0) is 6.07 Å². The fourth-order valence-corrected chi connectivity index (χ4v) is 1.06. The first-order chi connectivity index (χ1) is 7.04. The van der Waals surface area contributed by atoms with E-state index in [1.54, 1.807) is 0 Å². The molecule has 0 fully saturated rings.